The molecule has 1 aromatic rings. The molecule has 0 aliphatic carbocycles. The molecule has 0 saturated carbocycles. The van der Waals surface area contributed by atoms with E-state index in [4.69, 9.17) is 9.47 Å². The average Bonchev–Trinajstić information content (AvgIpc) is 2.94. The molecule has 0 unspecified atom stereocenters. The quantitative estimate of drug-likeness (QED) is 0.197. The number of carbonyl (C=O) groups is 1. The Kier molecular flexibility index (Phi) is 14.2. The number of hydrogen-bond acceptors (Lipinski definition) is 5. The van der Waals surface area contributed by atoms with E-state index in [-0.39, 0.29) is 24.0 Å². The topological polar surface area (TPSA) is 88.1 Å². The van der Waals surface area contributed by atoms with Gasteiger partial charge in [-0.25, -0.2) is 9.98 Å². The molecule has 9 heteroatoms. The van der Waals surface area contributed by atoms with Crippen LogP contribution in [0.2, 0.25) is 0 Å². The smallest absolute Gasteiger partial charge is 0.222 e. The van der Waals surface area contributed by atoms with Crippen LogP contribution < -0.4 is 15.4 Å². The minimum absolute atomic E-state index is 0. The van der Waals surface area contributed by atoms with Gasteiger partial charge in [0.05, 0.1) is 13.2 Å². The fourth-order valence-corrected chi connectivity index (χ4v) is 3.15. The second-order valence-electron chi connectivity index (χ2n) is 6.98. The van der Waals surface area contributed by atoms with Crippen molar-refractivity contribution in [3.8, 4) is 5.88 Å². The van der Waals surface area contributed by atoms with E-state index >= 15 is 0 Å². The summed E-state index contributed by atoms with van der Waals surface area (Å²) in [6, 6.07) is 3.85. The second kappa shape index (κ2) is 16.1. The van der Waals surface area contributed by atoms with Crippen molar-refractivity contribution in [3.05, 3.63) is 23.9 Å². The first-order chi connectivity index (χ1) is 14.2. The van der Waals surface area contributed by atoms with Gasteiger partial charge in [-0.15, -0.1) is 24.0 Å². The largest absolute Gasteiger partial charge is 0.475 e. The molecule has 170 valence electrons. The molecular weight excluding hydrogens is 497 g/mol. The van der Waals surface area contributed by atoms with Crippen molar-refractivity contribution in [2.45, 2.75) is 45.6 Å². The van der Waals surface area contributed by atoms with Crippen LogP contribution in [0.5, 0.6) is 5.88 Å². The number of rotatable bonds is 11. The molecule has 1 saturated heterocycles. The van der Waals surface area contributed by atoms with Gasteiger partial charge >= 0.3 is 0 Å². The van der Waals surface area contributed by atoms with Crippen molar-refractivity contribution >= 4 is 35.8 Å². The molecule has 2 rings (SSSR count). The number of ether oxygens (including phenoxy) is 2. The van der Waals surface area contributed by atoms with Crippen molar-refractivity contribution in [3.63, 3.8) is 0 Å². The molecule has 2 N–H and O–H groups in total. The first-order valence-electron chi connectivity index (χ1n) is 10.6. The Morgan fingerprint density at radius 3 is 2.93 bits per heavy atom. The summed E-state index contributed by atoms with van der Waals surface area (Å²) in [5.41, 5.74) is 0.927. The second-order valence-corrected chi connectivity index (χ2v) is 6.98. The van der Waals surface area contributed by atoms with E-state index in [1.807, 2.05) is 24.0 Å². The van der Waals surface area contributed by atoms with E-state index in [1.54, 1.807) is 13.3 Å². The lowest BCUT2D eigenvalue weighted by Crippen LogP contribution is -2.39. The van der Waals surface area contributed by atoms with E-state index in [9.17, 15) is 4.79 Å². The van der Waals surface area contributed by atoms with E-state index in [2.05, 4.69) is 20.6 Å². The summed E-state index contributed by atoms with van der Waals surface area (Å²) in [7, 11) is 1.64. The number of aromatic nitrogens is 1. The zero-order valence-electron chi connectivity index (χ0n) is 18.2. The number of methoxy groups -OCH3 is 1. The third-order valence-electron chi connectivity index (χ3n) is 4.70. The van der Waals surface area contributed by atoms with Crippen LogP contribution in [0.15, 0.2) is 23.3 Å². The molecule has 0 aromatic carbocycles. The number of nitrogens with one attached hydrogen (secondary N) is 2. The maximum Gasteiger partial charge on any atom is 0.222 e. The number of pyridine rings is 1. The molecule has 1 fully saturated rings. The van der Waals surface area contributed by atoms with Crippen LogP contribution in [0.1, 0.15) is 44.6 Å². The molecule has 0 bridgehead atoms. The Labute approximate surface area is 197 Å². The number of amides is 1. The predicted octanol–water partition coefficient (Wildman–Crippen LogP) is 2.57. The third kappa shape index (κ3) is 9.92. The molecule has 2 heterocycles. The fraction of sp³-hybridized carbons (Fsp3) is 0.667. The molecule has 30 heavy (non-hydrogen) atoms. The van der Waals surface area contributed by atoms with Gasteiger partial charge in [0.1, 0.15) is 6.61 Å². The van der Waals surface area contributed by atoms with Crippen LogP contribution in [0, 0.1) is 0 Å². The Bertz CT molecular complexity index is 645. The number of halogens is 1. The summed E-state index contributed by atoms with van der Waals surface area (Å²) in [5, 5.41) is 6.61. The monoisotopic (exact) mass is 533 g/mol. The number of likely N-dealkylation sites (tertiary alicyclic amines) is 1. The molecule has 1 aromatic heterocycles. The van der Waals surface area contributed by atoms with Crippen molar-refractivity contribution in [2.75, 3.05) is 46.5 Å². The van der Waals surface area contributed by atoms with Crippen LogP contribution in [-0.4, -0.2) is 68.3 Å². The highest BCUT2D eigenvalue weighted by Crippen LogP contribution is 2.15. The SMILES string of the molecule is CCNC(=NCc1cccnc1OCCOC)NCCCN1CCCCCC1=O.I. The summed E-state index contributed by atoms with van der Waals surface area (Å²) in [4.78, 5) is 23.0. The fourth-order valence-electron chi connectivity index (χ4n) is 3.15. The lowest BCUT2D eigenvalue weighted by Gasteiger charge is -2.20. The minimum atomic E-state index is 0. The molecule has 1 amide bonds. The van der Waals surface area contributed by atoms with Gasteiger partial charge in [-0.05, 0) is 32.3 Å². The number of guanidine groups is 1. The molecule has 0 radical (unpaired) electrons. The first-order valence-corrected chi connectivity index (χ1v) is 10.6. The minimum Gasteiger partial charge on any atom is -0.475 e. The highest BCUT2D eigenvalue weighted by Gasteiger charge is 2.15. The van der Waals surface area contributed by atoms with Crippen molar-refractivity contribution in [1.82, 2.24) is 20.5 Å². The lowest BCUT2D eigenvalue weighted by atomic mass is 10.2. The normalized spacial score (nSPS) is 14.7. The number of aliphatic imine (C=N–C) groups is 1. The Morgan fingerprint density at radius 1 is 1.27 bits per heavy atom. The molecular formula is C21H36IN5O3. The van der Waals surface area contributed by atoms with Gasteiger partial charge in [-0.1, -0.05) is 12.5 Å². The van der Waals surface area contributed by atoms with Crippen molar-refractivity contribution in [2.24, 2.45) is 4.99 Å². The summed E-state index contributed by atoms with van der Waals surface area (Å²) >= 11 is 0. The zero-order valence-corrected chi connectivity index (χ0v) is 20.5. The van der Waals surface area contributed by atoms with Gasteiger partial charge in [-0.3, -0.25) is 4.79 Å². The Hall–Kier alpha value is -1.62. The van der Waals surface area contributed by atoms with Gasteiger partial charge in [0, 0.05) is 51.5 Å². The predicted molar refractivity (Wildman–Crippen MR) is 130 cm³/mol. The standard InChI is InChI=1S/C21H35N5O3.HI/c1-3-22-21(24-12-8-14-26-13-6-4-5-10-19(26)27)25-17-18-9-7-11-23-20(18)29-16-15-28-2;/h7,9,11H,3-6,8,10,12-17H2,1-2H3,(H2,22,24,25);1H. The van der Waals surface area contributed by atoms with Crippen LogP contribution in [0.4, 0.5) is 0 Å². The van der Waals surface area contributed by atoms with E-state index in [1.165, 1.54) is 0 Å². The summed E-state index contributed by atoms with van der Waals surface area (Å²) in [6.07, 6.45) is 6.59. The molecule has 0 spiro atoms. The molecule has 0 atom stereocenters. The number of carbonyl (C=O) groups excluding carboxylic acids is 1. The van der Waals surface area contributed by atoms with Gasteiger partial charge in [-0.2, -0.15) is 0 Å². The van der Waals surface area contributed by atoms with Gasteiger partial charge < -0.3 is 25.0 Å². The van der Waals surface area contributed by atoms with Crippen molar-refractivity contribution < 1.29 is 14.3 Å². The summed E-state index contributed by atoms with van der Waals surface area (Å²) in [6.45, 7) is 6.71. The Morgan fingerprint density at radius 2 is 2.13 bits per heavy atom. The maximum atomic E-state index is 12.1. The van der Waals surface area contributed by atoms with E-state index in [0.29, 0.717) is 38.0 Å². The summed E-state index contributed by atoms with van der Waals surface area (Å²) in [5.74, 6) is 1.63. The highest BCUT2D eigenvalue weighted by atomic mass is 127. The first kappa shape index (κ1) is 26.4. The van der Waals surface area contributed by atoms with Gasteiger partial charge in [0.25, 0.3) is 0 Å². The van der Waals surface area contributed by atoms with Crippen LogP contribution in [0.25, 0.3) is 0 Å². The average molecular weight is 533 g/mol. The maximum absolute atomic E-state index is 12.1. The van der Waals surface area contributed by atoms with Crippen LogP contribution >= 0.6 is 24.0 Å². The van der Waals surface area contributed by atoms with Crippen molar-refractivity contribution in [1.29, 1.82) is 0 Å². The van der Waals surface area contributed by atoms with Crippen LogP contribution in [0.3, 0.4) is 0 Å². The molecule has 1 aliphatic heterocycles. The Balaban J connectivity index is 0.00000450. The highest BCUT2D eigenvalue weighted by molar-refractivity contribution is 14.0. The van der Waals surface area contributed by atoms with E-state index < -0.39 is 0 Å². The number of hydrogen-bond donors (Lipinski definition) is 2. The molecule has 8 nitrogen and oxygen atoms in total. The van der Waals surface area contributed by atoms with Gasteiger partial charge in [0.15, 0.2) is 5.96 Å². The molecule has 1 aliphatic rings. The number of nitrogens with zero attached hydrogens (tertiary/aromatic N) is 3. The third-order valence-corrected chi connectivity index (χ3v) is 4.70. The summed E-state index contributed by atoms with van der Waals surface area (Å²) < 4.78 is 10.7. The van der Waals surface area contributed by atoms with E-state index in [0.717, 1.165) is 63.4 Å². The van der Waals surface area contributed by atoms with Crippen LogP contribution in [-0.2, 0) is 16.1 Å². The lowest BCUT2D eigenvalue weighted by molar-refractivity contribution is -0.130. The van der Waals surface area contributed by atoms with Gasteiger partial charge in [0.2, 0.25) is 11.8 Å². The zero-order chi connectivity index (χ0) is 20.7.